The minimum Gasteiger partial charge on any atom is -0.465 e. The van der Waals surface area contributed by atoms with Gasteiger partial charge in [0, 0.05) is 5.69 Å². The Labute approximate surface area is 116 Å². The Hall–Kier alpha value is -2.63. The summed E-state index contributed by atoms with van der Waals surface area (Å²) in [5.74, 6) is -0.821. The van der Waals surface area contributed by atoms with Crippen molar-refractivity contribution in [1.82, 2.24) is 10.2 Å². The van der Waals surface area contributed by atoms with E-state index in [9.17, 15) is 9.59 Å². The fourth-order valence-electron chi connectivity index (χ4n) is 1.82. The number of benzene rings is 1. The van der Waals surface area contributed by atoms with Crippen LogP contribution in [0.2, 0.25) is 0 Å². The molecule has 0 saturated carbocycles. The molecule has 0 radical (unpaired) electrons. The van der Waals surface area contributed by atoms with Crippen LogP contribution >= 0.6 is 0 Å². The van der Waals surface area contributed by atoms with Crippen molar-refractivity contribution in [2.45, 2.75) is 13.8 Å². The molecule has 20 heavy (non-hydrogen) atoms. The van der Waals surface area contributed by atoms with Gasteiger partial charge in [-0.25, -0.2) is 4.79 Å². The molecule has 0 fully saturated rings. The lowest BCUT2D eigenvalue weighted by Gasteiger charge is -2.10. The van der Waals surface area contributed by atoms with Crippen LogP contribution in [0.25, 0.3) is 0 Å². The van der Waals surface area contributed by atoms with Crippen LogP contribution in [0.3, 0.4) is 0 Å². The molecular formula is C14H15N3O3. The van der Waals surface area contributed by atoms with Gasteiger partial charge in [0.25, 0.3) is 5.91 Å². The lowest BCUT2D eigenvalue weighted by Crippen LogP contribution is -2.16. The van der Waals surface area contributed by atoms with Gasteiger partial charge < -0.3 is 10.1 Å². The van der Waals surface area contributed by atoms with Crippen LogP contribution in [0.5, 0.6) is 0 Å². The fourth-order valence-corrected chi connectivity index (χ4v) is 1.82. The highest BCUT2D eigenvalue weighted by molar-refractivity contribution is 6.08. The number of aromatic amines is 1. The Balaban J connectivity index is 2.32. The molecule has 6 nitrogen and oxygen atoms in total. The zero-order chi connectivity index (χ0) is 14.7. The molecule has 0 aliphatic heterocycles. The molecule has 104 valence electrons. The molecule has 1 aromatic carbocycles. The lowest BCUT2D eigenvalue weighted by atomic mass is 10.1. The molecule has 0 aliphatic carbocycles. The van der Waals surface area contributed by atoms with Gasteiger partial charge in [-0.15, -0.1) is 0 Å². The minimum atomic E-state index is -0.493. The molecule has 0 saturated heterocycles. The van der Waals surface area contributed by atoms with E-state index in [1.165, 1.54) is 13.3 Å². The summed E-state index contributed by atoms with van der Waals surface area (Å²) in [6.45, 7) is 3.61. The average Bonchev–Trinajstić information content (AvgIpc) is 2.86. The van der Waals surface area contributed by atoms with Crippen LogP contribution in [0.4, 0.5) is 5.69 Å². The highest BCUT2D eigenvalue weighted by atomic mass is 16.5. The average molecular weight is 273 g/mol. The number of ether oxygens (including phenoxy) is 1. The first-order valence-electron chi connectivity index (χ1n) is 6.03. The molecule has 1 heterocycles. The number of amides is 1. The maximum absolute atomic E-state index is 12.1. The van der Waals surface area contributed by atoms with Crippen molar-refractivity contribution in [3.63, 3.8) is 0 Å². The van der Waals surface area contributed by atoms with E-state index in [0.29, 0.717) is 22.5 Å². The van der Waals surface area contributed by atoms with E-state index < -0.39 is 5.97 Å². The van der Waals surface area contributed by atoms with E-state index in [1.54, 1.807) is 19.1 Å². The van der Waals surface area contributed by atoms with Gasteiger partial charge >= 0.3 is 5.97 Å². The number of carbonyl (C=O) groups excluding carboxylic acids is 2. The predicted molar refractivity (Wildman–Crippen MR) is 73.8 cm³/mol. The Bertz CT molecular complexity index is 661. The van der Waals surface area contributed by atoms with E-state index in [0.717, 1.165) is 5.56 Å². The van der Waals surface area contributed by atoms with Gasteiger partial charge in [-0.1, -0.05) is 11.6 Å². The number of rotatable bonds is 3. The molecule has 0 spiro atoms. The number of hydrogen-bond acceptors (Lipinski definition) is 4. The third kappa shape index (κ3) is 2.69. The Morgan fingerprint density at radius 2 is 2.00 bits per heavy atom. The molecule has 2 N–H and O–H groups in total. The third-order valence-corrected chi connectivity index (χ3v) is 2.90. The number of methoxy groups -OCH3 is 1. The smallest absolute Gasteiger partial charge is 0.339 e. The van der Waals surface area contributed by atoms with Crippen LogP contribution in [0.15, 0.2) is 24.4 Å². The van der Waals surface area contributed by atoms with Crippen LogP contribution in [0.1, 0.15) is 32.0 Å². The van der Waals surface area contributed by atoms with E-state index in [4.69, 9.17) is 4.74 Å². The zero-order valence-corrected chi connectivity index (χ0v) is 11.5. The Kier molecular flexibility index (Phi) is 3.84. The Morgan fingerprint density at radius 1 is 1.25 bits per heavy atom. The second-order valence-corrected chi connectivity index (χ2v) is 4.40. The number of aromatic nitrogens is 2. The van der Waals surface area contributed by atoms with Gasteiger partial charge in [0.2, 0.25) is 0 Å². The monoisotopic (exact) mass is 273 g/mol. The third-order valence-electron chi connectivity index (χ3n) is 2.90. The first kappa shape index (κ1) is 13.8. The van der Waals surface area contributed by atoms with Crippen LogP contribution in [-0.4, -0.2) is 29.2 Å². The largest absolute Gasteiger partial charge is 0.465 e. The number of anilines is 1. The highest BCUT2D eigenvalue weighted by Gasteiger charge is 2.16. The van der Waals surface area contributed by atoms with Crippen LogP contribution in [0, 0.1) is 13.8 Å². The van der Waals surface area contributed by atoms with E-state index in [2.05, 4.69) is 15.5 Å². The molecular weight excluding hydrogens is 258 g/mol. The van der Waals surface area contributed by atoms with Crippen LogP contribution in [-0.2, 0) is 4.74 Å². The molecule has 2 aromatic rings. The number of nitrogens with one attached hydrogen (secondary N) is 2. The fraction of sp³-hybridized carbons (Fsp3) is 0.214. The number of carbonyl (C=O) groups is 2. The Morgan fingerprint density at radius 3 is 2.60 bits per heavy atom. The first-order chi connectivity index (χ1) is 9.52. The first-order valence-corrected chi connectivity index (χ1v) is 6.03. The van der Waals surface area contributed by atoms with E-state index in [1.807, 2.05) is 13.0 Å². The van der Waals surface area contributed by atoms with Gasteiger partial charge in [-0.3, -0.25) is 9.89 Å². The summed E-state index contributed by atoms with van der Waals surface area (Å²) < 4.78 is 4.72. The second-order valence-electron chi connectivity index (χ2n) is 4.40. The minimum absolute atomic E-state index is 0.321. The van der Waals surface area contributed by atoms with Gasteiger partial charge in [0.15, 0.2) is 0 Å². The summed E-state index contributed by atoms with van der Waals surface area (Å²) in [7, 11) is 1.30. The van der Waals surface area contributed by atoms with E-state index >= 15 is 0 Å². The van der Waals surface area contributed by atoms with Gasteiger partial charge in [-0.2, -0.15) is 5.10 Å². The van der Waals surface area contributed by atoms with Crippen LogP contribution < -0.4 is 5.32 Å². The van der Waals surface area contributed by atoms with Gasteiger partial charge in [-0.05, 0) is 26.0 Å². The zero-order valence-electron chi connectivity index (χ0n) is 11.5. The molecule has 1 aromatic heterocycles. The molecule has 0 aliphatic rings. The number of hydrogen-bond donors (Lipinski definition) is 2. The lowest BCUT2D eigenvalue weighted by molar-refractivity contribution is 0.0602. The van der Waals surface area contributed by atoms with Crippen molar-refractivity contribution in [3.05, 3.63) is 46.8 Å². The molecule has 0 atom stereocenters. The highest BCUT2D eigenvalue weighted by Crippen LogP contribution is 2.19. The summed E-state index contributed by atoms with van der Waals surface area (Å²) in [5, 5.41) is 9.18. The van der Waals surface area contributed by atoms with Crippen molar-refractivity contribution >= 4 is 17.6 Å². The topological polar surface area (TPSA) is 84.1 Å². The van der Waals surface area contributed by atoms with Crippen molar-refractivity contribution in [2.24, 2.45) is 0 Å². The van der Waals surface area contributed by atoms with Crippen molar-refractivity contribution < 1.29 is 14.3 Å². The standard InChI is InChI=1S/C14H15N3O3/c1-8-4-5-12(10(6-8)14(19)20-3)16-13(18)11-7-15-17-9(11)2/h4-7H,1-3H3,(H,15,17)(H,16,18). The van der Waals surface area contributed by atoms with Gasteiger partial charge in [0.05, 0.1) is 30.1 Å². The molecule has 6 heteroatoms. The van der Waals surface area contributed by atoms with E-state index in [-0.39, 0.29) is 5.91 Å². The molecule has 2 rings (SSSR count). The van der Waals surface area contributed by atoms with Gasteiger partial charge in [0.1, 0.15) is 0 Å². The van der Waals surface area contributed by atoms with Crippen molar-refractivity contribution in [1.29, 1.82) is 0 Å². The summed E-state index contributed by atoms with van der Waals surface area (Å²) in [6.07, 6.45) is 1.44. The van der Waals surface area contributed by atoms with Crippen molar-refractivity contribution in [3.8, 4) is 0 Å². The summed E-state index contributed by atoms with van der Waals surface area (Å²) >= 11 is 0. The normalized spacial score (nSPS) is 10.2. The quantitative estimate of drug-likeness (QED) is 0.838. The number of H-pyrrole nitrogens is 1. The summed E-state index contributed by atoms with van der Waals surface area (Å²) in [6, 6.07) is 5.16. The molecule has 1 amide bonds. The predicted octanol–water partition coefficient (Wildman–Crippen LogP) is 2.07. The second kappa shape index (κ2) is 5.56. The SMILES string of the molecule is COC(=O)c1cc(C)ccc1NC(=O)c1cn[nH]c1C. The van der Waals surface area contributed by atoms with Crippen molar-refractivity contribution in [2.75, 3.05) is 12.4 Å². The summed E-state index contributed by atoms with van der Waals surface area (Å²) in [5.41, 5.74) is 2.73. The molecule has 0 bridgehead atoms. The summed E-state index contributed by atoms with van der Waals surface area (Å²) in [4.78, 5) is 23.9. The maximum atomic E-state index is 12.1. The maximum Gasteiger partial charge on any atom is 0.339 e. The number of nitrogens with zero attached hydrogens (tertiary/aromatic N) is 1. The molecule has 0 unspecified atom stereocenters. The number of esters is 1. The number of aryl methyl sites for hydroxylation is 2.